The Balaban J connectivity index is 2.84. The van der Waals surface area contributed by atoms with Gasteiger partial charge in [-0.3, -0.25) is 9.78 Å². The van der Waals surface area contributed by atoms with Crippen molar-refractivity contribution >= 4 is 17.5 Å². The SMILES string of the molecule is CCC(CC)(CC)NC(=O)c1cncc(Cl)n1. The Morgan fingerprint density at radius 1 is 1.29 bits per heavy atom. The fourth-order valence-electron chi connectivity index (χ4n) is 1.77. The summed E-state index contributed by atoms with van der Waals surface area (Å²) in [6.45, 7) is 6.20. The molecule has 0 bridgehead atoms. The van der Waals surface area contributed by atoms with Crippen LogP contribution in [-0.4, -0.2) is 21.4 Å². The van der Waals surface area contributed by atoms with Crippen LogP contribution in [-0.2, 0) is 0 Å². The number of carbonyl (C=O) groups is 1. The van der Waals surface area contributed by atoms with E-state index in [9.17, 15) is 4.79 Å². The van der Waals surface area contributed by atoms with Crippen LogP contribution < -0.4 is 5.32 Å². The van der Waals surface area contributed by atoms with E-state index in [0.717, 1.165) is 19.3 Å². The van der Waals surface area contributed by atoms with Crippen LogP contribution in [0, 0.1) is 0 Å². The normalized spacial score (nSPS) is 11.3. The Labute approximate surface area is 107 Å². The first-order valence-corrected chi connectivity index (χ1v) is 6.24. The number of rotatable bonds is 5. The molecular formula is C12H18ClN3O. The summed E-state index contributed by atoms with van der Waals surface area (Å²) < 4.78 is 0. The molecular weight excluding hydrogens is 238 g/mol. The van der Waals surface area contributed by atoms with Crippen LogP contribution in [0.4, 0.5) is 0 Å². The van der Waals surface area contributed by atoms with Gasteiger partial charge in [0.2, 0.25) is 0 Å². The highest BCUT2D eigenvalue weighted by Crippen LogP contribution is 2.19. The monoisotopic (exact) mass is 255 g/mol. The van der Waals surface area contributed by atoms with Crippen molar-refractivity contribution in [1.29, 1.82) is 0 Å². The van der Waals surface area contributed by atoms with Gasteiger partial charge in [-0.2, -0.15) is 0 Å². The van der Waals surface area contributed by atoms with E-state index >= 15 is 0 Å². The van der Waals surface area contributed by atoms with E-state index < -0.39 is 0 Å². The zero-order valence-corrected chi connectivity index (χ0v) is 11.2. The minimum atomic E-state index is -0.217. The maximum atomic E-state index is 12.0. The summed E-state index contributed by atoms with van der Waals surface area (Å²) in [5.74, 6) is -0.217. The first-order valence-electron chi connectivity index (χ1n) is 5.87. The van der Waals surface area contributed by atoms with Crippen LogP contribution in [0.3, 0.4) is 0 Å². The molecule has 17 heavy (non-hydrogen) atoms. The van der Waals surface area contributed by atoms with E-state index in [0.29, 0.717) is 0 Å². The quantitative estimate of drug-likeness (QED) is 0.880. The van der Waals surface area contributed by atoms with Gasteiger partial charge in [-0.25, -0.2) is 4.98 Å². The third kappa shape index (κ3) is 3.40. The summed E-state index contributed by atoms with van der Waals surface area (Å²) >= 11 is 5.71. The lowest BCUT2D eigenvalue weighted by Crippen LogP contribution is -2.47. The number of carbonyl (C=O) groups excluding carboxylic acids is 1. The molecule has 0 radical (unpaired) electrons. The molecule has 0 saturated carbocycles. The summed E-state index contributed by atoms with van der Waals surface area (Å²) in [5, 5.41) is 3.25. The second kappa shape index (κ2) is 5.96. The van der Waals surface area contributed by atoms with Gasteiger partial charge < -0.3 is 5.32 Å². The highest BCUT2D eigenvalue weighted by atomic mass is 35.5. The Hall–Kier alpha value is -1.16. The molecule has 0 unspecified atom stereocenters. The lowest BCUT2D eigenvalue weighted by molar-refractivity contribution is 0.0882. The van der Waals surface area contributed by atoms with Crippen molar-refractivity contribution in [2.45, 2.75) is 45.6 Å². The lowest BCUT2D eigenvalue weighted by Gasteiger charge is -2.31. The second-order valence-electron chi connectivity index (χ2n) is 4.02. The van der Waals surface area contributed by atoms with Crippen LogP contribution >= 0.6 is 11.6 Å². The summed E-state index contributed by atoms with van der Waals surface area (Å²) in [6, 6.07) is 0. The first kappa shape index (κ1) is 13.9. The van der Waals surface area contributed by atoms with Crippen molar-refractivity contribution in [2.24, 2.45) is 0 Å². The average Bonchev–Trinajstić information content (AvgIpc) is 2.36. The van der Waals surface area contributed by atoms with E-state index in [1.54, 1.807) is 0 Å². The van der Waals surface area contributed by atoms with Gasteiger partial charge in [0.15, 0.2) is 0 Å². The molecule has 1 heterocycles. The molecule has 1 aromatic rings. The number of amides is 1. The van der Waals surface area contributed by atoms with Crippen molar-refractivity contribution in [3.8, 4) is 0 Å². The van der Waals surface area contributed by atoms with Gasteiger partial charge in [0.25, 0.3) is 5.91 Å². The average molecular weight is 256 g/mol. The Kier molecular flexibility index (Phi) is 4.87. The molecule has 1 aromatic heterocycles. The smallest absolute Gasteiger partial charge is 0.271 e. The molecule has 0 saturated heterocycles. The summed E-state index contributed by atoms with van der Waals surface area (Å²) in [7, 11) is 0. The second-order valence-corrected chi connectivity index (χ2v) is 4.41. The molecule has 1 N–H and O–H groups in total. The molecule has 1 rings (SSSR count). The van der Waals surface area contributed by atoms with E-state index in [4.69, 9.17) is 11.6 Å². The fraction of sp³-hybridized carbons (Fsp3) is 0.583. The number of hydrogen-bond donors (Lipinski definition) is 1. The van der Waals surface area contributed by atoms with Crippen LogP contribution in [0.5, 0.6) is 0 Å². The zero-order valence-electron chi connectivity index (χ0n) is 10.5. The minimum absolute atomic E-state index is 0.166. The summed E-state index contributed by atoms with van der Waals surface area (Å²) in [6.07, 6.45) is 5.50. The molecule has 94 valence electrons. The molecule has 0 aromatic carbocycles. The third-order valence-corrected chi connectivity index (χ3v) is 3.43. The van der Waals surface area contributed by atoms with E-state index in [2.05, 4.69) is 36.1 Å². The fourth-order valence-corrected chi connectivity index (χ4v) is 1.92. The maximum Gasteiger partial charge on any atom is 0.271 e. The lowest BCUT2D eigenvalue weighted by atomic mass is 9.89. The molecule has 0 aliphatic carbocycles. The molecule has 0 fully saturated rings. The maximum absolute atomic E-state index is 12.0. The van der Waals surface area contributed by atoms with Crippen molar-refractivity contribution in [2.75, 3.05) is 0 Å². The Morgan fingerprint density at radius 2 is 1.88 bits per heavy atom. The number of halogens is 1. The van der Waals surface area contributed by atoms with E-state index in [1.165, 1.54) is 12.4 Å². The first-order chi connectivity index (χ1) is 8.06. The number of nitrogens with one attached hydrogen (secondary N) is 1. The third-order valence-electron chi connectivity index (χ3n) is 3.25. The standard InChI is InChI=1S/C12H18ClN3O/c1-4-12(5-2,6-3)16-11(17)9-7-14-8-10(13)15-9/h7-8H,4-6H2,1-3H3,(H,16,17). The Bertz CT molecular complexity index is 383. The summed E-state index contributed by atoms with van der Waals surface area (Å²) in [5.41, 5.74) is 0.0957. The Morgan fingerprint density at radius 3 is 2.35 bits per heavy atom. The van der Waals surface area contributed by atoms with Crippen LogP contribution in [0.15, 0.2) is 12.4 Å². The molecule has 0 aliphatic heterocycles. The van der Waals surface area contributed by atoms with Crippen molar-refractivity contribution in [3.05, 3.63) is 23.2 Å². The highest BCUT2D eigenvalue weighted by molar-refractivity contribution is 6.29. The largest absolute Gasteiger partial charge is 0.345 e. The van der Waals surface area contributed by atoms with Crippen LogP contribution in [0.25, 0.3) is 0 Å². The van der Waals surface area contributed by atoms with Gasteiger partial charge in [0.1, 0.15) is 10.8 Å². The van der Waals surface area contributed by atoms with Gasteiger partial charge in [-0.15, -0.1) is 0 Å². The number of hydrogen-bond acceptors (Lipinski definition) is 3. The number of nitrogens with zero attached hydrogens (tertiary/aromatic N) is 2. The topological polar surface area (TPSA) is 54.9 Å². The predicted molar refractivity (Wildman–Crippen MR) is 68.1 cm³/mol. The molecule has 0 spiro atoms. The predicted octanol–water partition coefficient (Wildman–Crippen LogP) is 2.83. The van der Waals surface area contributed by atoms with E-state index in [1.807, 2.05) is 0 Å². The van der Waals surface area contributed by atoms with Crippen LogP contribution in [0.2, 0.25) is 5.15 Å². The van der Waals surface area contributed by atoms with Crippen molar-refractivity contribution in [1.82, 2.24) is 15.3 Å². The van der Waals surface area contributed by atoms with Gasteiger partial charge >= 0.3 is 0 Å². The minimum Gasteiger partial charge on any atom is -0.345 e. The molecule has 1 amide bonds. The van der Waals surface area contributed by atoms with E-state index in [-0.39, 0.29) is 22.3 Å². The molecule has 4 nitrogen and oxygen atoms in total. The molecule has 0 aliphatic rings. The van der Waals surface area contributed by atoms with Crippen molar-refractivity contribution < 1.29 is 4.79 Å². The van der Waals surface area contributed by atoms with Gasteiger partial charge in [0.05, 0.1) is 12.4 Å². The summed E-state index contributed by atoms with van der Waals surface area (Å²) in [4.78, 5) is 19.8. The van der Waals surface area contributed by atoms with Crippen molar-refractivity contribution in [3.63, 3.8) is 0 Å². The highest BCUT2D eigenvalue weighted by Gasteiger charge is 2.26. The van der Waals surface area contributed by atoms with Gasteiger partial charge in [-0.05, 0) is 19.3 Å². The van der Waals surface area contributed by atoms with Gasteiger partial charge in [0, 0.05) is 5.54 Å². The molecule has 5 heteroatoms. The van der Waals surface area contributed by atoms with Gasteiger partial charge in [-0.1, -0.05) is 32.4 Å². The van der Waals surface area contributed by atoms with Crippen LogP contribution in [0.1, 0.15) is 50.5 Å². The molecule has 0 atom stereocenters. The number of aromatic nitrogens is 2. The zero-order chi connectivity index (χ0) is 12.9.